The molecule has 0 bridgehead atoms. The molecular formula is C28H28FN7O2. The number of rotatable bonds is 7. The third kappa shape index (κ3) is 4.02. The molecule has 1 aliphatic rings. The molecule has 6 rings (SSSR count). The van der Waals surface area contributed by atoms with E-state index in [0.29, 0.717) is 46.6 Å². The quantitative estimate of drug-likeness (QED) is 0.339. The van der Waals surface area contributed by atoms with Crippen LogP contribution in [-0.2, 0) is 11.8 Å². The van der Waals surface area contributed by atoms with E-state index < -0.39 is 5.82 Å². The minimum absolute atomic E-state index is 0.213. The van der Waals surface area contributed by atoms with Crippen LogP contribution in [0.15, 0.2) is 61.3 Å². The molecule has 3 aromatic heterocycles. The highest BCUT2D eigenvalue weighted by atomic mass is 19.1. The molecule has 4 heterocycles. The molecule has 2 aromatic carbocycles. The summed E-state index contributed by atoms with van der Waals surface area (Å²) in [7, 11) is 5.93. The van der Waals surface area contributed by atoms with E-state index in [0.717, 1.165) is 11.1 Å². The van der Waals surface area contributed by atoms with Crippen molar-refractivity contribution in [1.29, 1.82) is 0 Å². The molecular weight excluding hydrogens is 485 g/mol. The summed E-state index contributed by atoms with van der Waals surface area (Å²) in [5.41, 5.74) is 3.11. The summed E-state index contributed by atoms with van der Waals surface area (Å²) in [6, 6.07) is 10.8. The predicted molar refractivity (Wildman–Crippen MR) is 144 cm³/mol. The summed E-state index contributed by atoms with van der Waals surface area (Å²) >= 11 is 0. The molecule has 1 aliphatic heterocycles. The molecule has 1 fully saturated rings. The fourth-order valence-corrected chi connectivity index (χ4v) is 4.89. The minimum Gasteiger partial charge on any atom is -0.488 e. The lowest BCUT2D eigenvalue weighted by molar-refractivity contribution is -0.165. The van der Waals surface area contributed by atoms with Crippen LogP contribution in [0.25, 0.3) is 32.9 Å². The number of ether oxygens (including phenoxy) is 2. The first-order valence-corrected chi connectivity index (χ1v) is 12.4. The number of likely N-dealkylation sites (N-methyl/N-ethyl adjacent to an activating group) is 1. The summed E-state index contributed by atoms with van der Waals surface area (Å²) in [5.74, 6) is 0.636. The highest BCUT2D eigenvalue weighted by molar-refractivity contribution is 5.99. The van der Waals surface area contributed by atoms with E-state index in [9.17, 15) is 0 Å². The number of hydrogen-bond donors (Lipinski definition) is 1. The Bertz CT molecular complexity index is 1650. The number of halogens is 1. The number of aryl methyl sites for hydroxylation is 1. The third-order valence-corrected chi connectivity index (χ3v) is 7.37. The minimum atomic E-state index is -0.400. The zero-order valence-corrected chi connectivity index (χ0v) is 21.6. The molecule has 1 atom stereocenters. The molecule has 38 heavy (non-hydrogen) atoms. The van der Waals surface area contributed by atoms with Crippen molar-refractivity contribution in [3.63, 3.8) is 0 Å². The Morgan fingerprint density at radius 2 is 1.95 bits per heavy atom. The Labute approximate surface area is 219 Å². The highest BCUT2D eigenvalue weighted by Gasteiger charge is 2.47. The Hall–Kier alpha value is -4.15. The van der Waals surface area contributed by atoms with Crippen LogP contribution in [0.5, 0.6) is 5.75 Å². The largest absolute Gasteiger partial charge is 0.488 e. The Morgan fingerprint density at radius 1 is 1.11 bits per heavy atom. The van der Waals surface area contributed by atoms with Crippen molar-refractivity contribution in [3.8, 4) is 16.9 Å². The van der Waals surface area contributed by atoms with Crippen LogP contribution in [-0.4, -0.2) is 68.6 Å². The molecule has 0 saturated carbocycles. The second-order valence-corrected chi connectivity index (χ2v) is 9.87. The molecule has 0 aliphatic carbocycles. The van der Waals surface area contributed by atoms with E-state index in [-0.39, 0.29) is 17.3 Å². The van der Waals surface area contributed by atoms with E-state index in [1.165, 1.54) is 6.33 Å². The summed E-state index contributed by atoms with van der Waals surface area (Å²) < 4.78 is 29.4. The second kappa shape index (κ2) is 9.30. The normalized spacial score (nSPS) is 15.5. The van der Waals surface area contributed by atoms with Gasteiger partial charge in [-0.1, -0.05) is 0 Å². The van der Waals surface area contributed by atoms with Gasteiger partial charge in [-0.25, -0.2) is 14.4 Å². The smallest absolute Gasteiger partial charge is 0.156 e. The van der Waals surface area contributed by atoms with Crippen molar-refractivity contribution >= 4 is 33.3 Å². The maximum absolute atomic E-state index is 15.4. The highest BCUT2D eigenvalue weighted by Crippen LogP contribution is 2.39. The van der Waals surface area contributed by atoms with Gasteiger partial charge in [0.1, 0.15) is 29.5 Å². The lowest BCUT2D eigenvalue weighted by atomic mass is 9.89. The Balaban J connectivity index is 1.48. The van der Waals surface area contributed by atoms with Crippen molar-refractivity contribution in [2.45, 2.75) is 18.6 Å². The van der Waals surface area contributed by atoms with Crippen LogP contribution in [0, 0.1) is 5.82 Å². The number of fused-ring (bicyclic) bond motifs is 2. The van der Waals surface area contributed by atoms with E-state index in [1.807, 2.05) is 46.4 Å². The molecule has 194 valence electrons. The van der Waals surface area contributed by atoms with Gasteiger partial charge >= 0.3 is 0 Å². The lowest BCUT2D eigenvalue weighted by Crippen LogP contribution is -2.67. The van der Waals surface area contributed by atoms with Crippen molar-refractivity contribution in [1.82, 2.24) is 29.6 Å². The predicted octanol–water partition coefficient (Wildman–Crippen LogP) is 4.56. The molecule has 5 aromatic rings. The molecule has 1 N–H and O–H groups in total. The van der Waals surface area contributed by atoms with Gasteiger partial charge in [-0.15, -0.1) is 0 Å². The summed E-state index contributed by atoms with van der Waals surface area (Å²) in [5, 5.41) is 8.59. The van der Waals surface area contributed by atoms with Gasteiger partial charge in [-0.3, -0.25) is 14.6 Å². The molecule has 1 unspecified atom stereocenters. The molecule has 10 heteroatoms. The fraction of sp³-hybridized carbons (Fsp3) is 0.286. The zero-order chi connectivity index (χ0) is 26.4. The Kier molecular flexibility index (Phi) is 5.93. The standard InChI is InChI=1S/C28H28FN7O2/c1-17(28(35(2)3)14-37-15-28)38-24-11-18(19-12-33-36(4)13-19)10-23-25(24)27(32-16-31-23)34-22-8-7-21-20(26(22)29)6-5-9-30-21/h5-13,16-17H,14-15H2,1-4H3,(H,31,32,34). The van der Waals surface area contributed by atoms with Gasteiger partial charge in [0.15, 0.2) is 5.82 Å². The molecule has 0 radical (unpaired) electrons. The SMILES string of the molecule is CC(Oc1cc(-c2cnn(C)c2)cc2ncnc(Nc3ccc4ncccc4c3F)c12)C1(N(C)C)COC1. The monoisotopic (exact) mass is 513 g/mol. The van der Waals surface area contributed by atoms with Crippen LogP contribution in [0.1, 0.15) is 6.92 Å². The number of nitrogens with one attached hydrogen (secondary N) is 1. The average molecular weight is 514 g/mol. The number of nitrogens with zero attached hydrogens (tertiary/aromatic N) is 6. The van der Waals surface area contributed by atoms with Crippen LogP contribution in [0.3, 0.4) is 0 Å². The van der Waals surface area contributed by atoms with Gasteiger partial charge in [-0.2, -0.15) is 5.10 Å². The number of pyridine rings is 1. The summed E-state index contributed by atoms with van der Waals surface area (Å²) in [6.07, 6.45) is 6.63. The van der Waals surface area contributed by atoms with E-state index in [1.54, 1.807) is 41.3 Å². The first-order chi connectivity index (χ1) is 18.4. The van der Waals surface area contributed by atoms with Gasteiger partial charge < -0.3 is 14.8 Å². The number of benzene rings is 2. The molecule has 9 nitrogen and oxygen atoms in total. The van der Waals surface area contributed by atoms with Gasteiger partial charge in [0.25, 0.3) is 0 Å². The van der Waals surface area contributed by atoms with Crippen LogP contribution in [0.4, 0.5) is 15.9 Å². The van der Waals surface area contributed by atoms with Gasteiger partial charge in [-0.05, 0) is 63.0 Å². The average Bonchev–Trinajstić information content (AvgIpc) is 3.31. The lowest BCUT2D eigenvalue weighted by Gasteiger charge is -2.49. The van der Waals surface area contributed by atoms with Crippen LogP contribution >= 0.6 is 0 Å². The van der Waals surface area contributed by atoms with Crippen molar-refractivity contribution in [3.05, 3.63) is 67.1 Å². The number of anilines is 2. The fourth-order valence-electron chi connectivity index (χ4n) is 4.89. The first-order valence-electron chi connectivity index (χ1n) is 12.4. The molecule has 0 spiro atoms. The van der Waals surface area contributed by atoms with E-state index >= 15 is 4.39 Å². The number of aromatic nitrogens is 5. The maximum atomic E-state index is 15.4. The van der Waals surface area contributed by atoms with Gasteiger partial charge in [0, 0.05) is 30.4 Å². The van der Waals surface area contributed by atoms with Crippen LogP contribution in [0.2, 0.25) is 0 Å². The Morgan fingerprint density at radius 3 is 2.66 bits per heavy atom. The van der Waals surface area contributed by atoms with E-state index in [2.05, 4.69) is 30.3 Å². The van der Waals surface area contributed by atoms with E-state index in [4.69, 9.17) is 9.47 Å². The van der Waals surface area contributed by atoms with Crippen molar-refractivity contribution in [2.75, 3.05) is 32.6 Å². The van der Waals surface area contributed by atoms with Crippen LogP contribution < -0.4 is 10.1 Å². The first kappa shape index (κ1) is 24.2. The zero-order valence-electron chi connectivity index (χ0n) is 21.6. The van der Waals surface area contributed by atoms with Gasteiger partial charge in [0.2, 0.25) is 0 Å². The summed E-state index contributed by atoms with van der Waals surface area (Å²) in [6.45, 7) is 3.18. The molecule has 1 saturated heterocycles. The summed E-state index contributed by atoms with van der Waals surface area (Å²) in [4.78, 5) is 15.4. The number of hydrogen-bond acceptors (Lipinski definition) is 8. The third-order valence-electron chi connectivity index (χ3n) is 7.37. The maximum Gasteiger partial charge on any atom is 0.156 e. The molecule has 0 amide bonds. The van der Waals surface area contributed by atoms with Crippen molar-refractivity contribution < 1.29 is 13.9 Å². The van der Waals surface area contributed by atoms with Gasteiger partial charge in [0.05, 0.1) is 41.5 Å². The topological polar surface area (TPSA) is 90.2 Å². The second-order valence-electron chi connectivity index (χ2n) is 9.87. The van der Waals surface area contributed by atoms with Crippen molar-refractivity contribution in [2.24, 2.45) is 7.05 Å².